The van der Waals surface area contributed by atoms with Crippen molar-refractivity contribution < 1.29 is 8.42 Å². The Hall–Kier alpha value is -0.170. The minimum absolute atomic E-state index is 0.293. The highest BCUT2D eigenvalue weighted by atomic mass is 32.2. The SMILES string of the molecule is CCCNCCCCS(=O)(=O)N1CCCC(N(C)C)C1. The van der Waals surface area contributed by atoms with Crippen LogP contribution in [0.15, 0.2) is 0 Å². The fourth-order valence-corrected chi connectivity index (χ4v) is 4.19. The van der Waals surface area contributed by atoms with E-state index in [1.165, 1.54) is 0 Å². The minimum Gasteiger partial charge on any atom is -0.317 e. The Morgan fingerprint density at radius 1 is 1.25 bits per heavy atom. The Bertz CT molecular complexity index is 357. The highest BCUT2D eigenvalue weighted by Gasteiger charge is 2.29. The van der Waals surface area contributed by atoms with Crippen LogP contribution in [0.3, 0.4) is 0 Å². The van der Waals surface area contributed by atoms with Crippen molar-refractivity contribution in [2.24, 2.45) is 0 Å². The van der Waals surface area contributed by atoms with Crippen LogP contribution < -0.4 is 5.32 Å². The molecule has 1 N–H and O–H groups in total. The van der Waals surface area contributed by atoms with Crippen molar-refractivity contribution in [1.29, 1.82) is 0 Å². The summed E-state index contributed by atoms with van der Waals surface area (Å²) in [6, 6.07) is 0.366. The summed E-state index contributed by atoms with van der Waals surface area (Å²) >= 11 is 0. The number of hydrogen-bond donors (Lipinski definition) is 1. The topological polar surface area (TPSA) is 52.7 Å². The molecule has 1 saturated heterocycles. The molecule has 120 valence electrons. The van der Waals surface area contributed by atoms with E-state index in [1.54, 1.807) is 4.31 Å². The first-order chi connectivity index (χ1) is 9.47. The third-order valence-electron chi connectivity index (χ3n) is 3.92. The molecule has 0 aliphatic carbocycles. The standard InChI is InChI=1S/C14H31N3O2S/c1-4-9-15-10-5-6-12-20(18,19)17-11-7-8-14(13-17)16(2)3/h14-15H,4-13H2,1-3H3. The van der Waals surface area contributed by atoms with Crippen molar-refractivity contribution in [2.45, 2.75) is 45.1 Å². The molecule has 1 unspecified atom stereocenters. The maximum absolute atomic E-state index is 12.3. The van der Waals surface area contributed by atoms with Gasteiger partial charge in [0, 0.05) is 19.1 Å². The molecule has 0 aromatic rings. The first kappa shape index (κ1) is 17.9. The summed E-state index contributed by atoms with van der Waals surface area (Å²) in [5.41, 5.74) is 0. The summed E-state index contributed by atoms with van der Waals surface area (Å²) in [5.74, 6) is 0.293. The van der Waals surface area contributed by atoms with E-state index in [0.717, 1.165) is 45.2 Å². The van der Waals surface area contributed by atoms with E-state index in [0.29, 0.717) is 24.9 Å². The van der Waals surface area contributed by atoms with Gasteiger partial charge in [0.05, 0.1) is 5.75 Å². The van der Waals surface area contributed by atoms with Gasteiger partial charge >= 0.3 is 0 Å². The summed E-state index contributed by atoms with van der Waals surface area (Å²) in [6.45, 7) is 5.42. The van der Waals surface area contributed by atoms with Gasteiger partial charge in [-0.2, -0.15) is 0 Å². The lowest BCUT2D eigenvalue weighted by molar-refractivity contribution is 0.190. The quantitative estimate of drug-likeness (QED) is 0.649. The molecule has 1 rings (SSSR count). The zero-order chi connectivity index (χ0) is 15.0. The van der Waals surface area contributed by atoms with E-state index in [4.69, 9.17) is 0 Å². The minimum atomic E-state index is -3.06. The third-order valence-corrected chi connectivity index (χ3v) is 5.84. The number of piperidine rings is 1. The Kier molecular flexibility index (Phi) is 8.02. The molecule has 1 fully saturated rings. The molecule has 5 nitrogen and oxygen atoms in total. The molecule has 0 spiro atoms. The van der Waals surface area contributed by atoms with Gasteiger partial charge in [-0.3, -0.25) is 0 Å². The molecule has 1 heterocycles. The van der Waals surface area contributed by atoms with Crippen molar-refractivity contribution in [3.63, 3.8) is 0 Å². The number of likely N-dealkylation sites (N-methyl/N-ethyl adjacent to an activating group) is 1. The number of rotatable bonds is 9. The molecule has 1 aliphatic heterocycles. The molecule has 1 atom stereocenters. The molecule has 0 radical (unpaired) electrons. The Labute approximate surface area is 124 Å². The van der Waals surface area contributed by atoms with Crippen LogP contribution >= 0.6 is 0 Å². The lowest BCUT2D eigenvalue weighted by Crippen LogP contribution is -2.48. The zero-order valence-electron chi connectivity index (χ0n) is 13.3. The summed E-state index contributed by atoms with van der Waals surface area (Å²) < 4.78 is 26.4. The van der Waals surface area contributed by atoms with E-state index in [2.05, 4.69) is 17.1 Å². The monoisotopic (exact) mass is 305 g/mol. The van der Waals surface area contributed by atoms with E-state index in [9.17, 15) is 8.42 Å². The molecule has 20 heavy (non-hydrogen) atoms. The lowest BCUT2D eigenvalue weighted by Gasteiger charge is -2.35. The zero-order valence-corrected chi connectivity index (χ0v) is 14.1. The largest absolute Gasteiger partial charge is 0.317 e. The smallest absolute Gasteiger partial charge is 0.214 e. The van der Waals surface area contributed by atoms with Crippen LogP contribution in [-0.4, -0.2) is 69.7 Å². The molecule has 0 aromatic carbocycles. The molecule has 1 aliphatic rings. The average Bonchev–Trinajstić information content (AvgIpc) is 2.43. The average molecular weight is 305 g/mol. The van der Waals surface area contributed by atoms with Crippen LogP contribution in [0.2, 0.25) is 0 Å². The highest BCUT2D eigenvalue weighted by Crippen LogP contribution is 2.17. The summed E-state index contributed by atoms with van der Waals surface area (Å²) in [4.78, 5) is 2.14. The van der Waals surface area contributed by atoms with Gasteiger partial charge in [-0.05, 0) is 59.3 Å². The van der Waals surface area contributed by atoms with E-state index in [-0.39, 0.29) is 0 Å². The normalized spacial score (nSPS) is 21.5. The van der Waals surface area contributed by atoms with Gasteiger partial charge in [-0.15, -0.1) is 0 Å². The van der Waals surface area contributed by atoms with Crippen LogP contribution in [0.25, 0.3) is 0 Å². The highest BCUT2D eigenvalue weighted by molar-refractivity contribution is 7.89. The van der Waals surface area contributed by atoms with Crippen molar-refractivity contribution in [1.82, 2.24) is 14.5 Å². The molecular formula is C14H31N3O2S. The van der Waals surface area contributed by atoms with Crippen LogP contribution in [0.4, 0.5) is 0 Å². The molecule has 0 saturated carbocycles. The summed E-state index contributed by atoms with van der Waals surface area (Å²) in [7, 11) is 0.992. The van der Waals surface area contributed by atoms with Gasteiger partial charge in [0.1, 0.15) is 0 Å². The fourth-order valence-electron chi connectivity index (χ4n) is 2.56. The second kappa shape index (κ2) is 8.97. The fraction of sp³-hybridized carbons (Fsp3) is 1.00. The van der Waals surface area contributed by atoms with Gasteiger partial charge in [0.2, 0.25) is 10.0 Å². The Balaban J connectivity index is 2.32. The second-order valence-electron chi connectivity index (χ2n) is 5.89. The molecule has 0 amide bonds. The van der Waals surface area contributed by atoms with E-state index < -0.39 is 10.0 Å². The predicted molar refractivity (Wildman–Crippen MR) is 84.5 cm³/mol. The number of nitrogens with zero attached hydrogens (tertiary/aromatic N) is 2. The summed E-state index contributed by atoms with van der Waals surface area (Å²) in [6.07, 6.45) is 4.88. The van der Waals surface area contributed by atoms with Crippen molar-refractivity contribution in [3.8, 4) is 0 Å². The second-order valence-corrected chi connectivity index (χ2v) is 7.98. The van der Waals surface area contributed by atoms with Crippen LogP contribution in [0.5, 0.6) is 0 Å². The summed E-state index contributed by atoms with van der Waals surface area (Å²) in [5, 5.41) is 3.31. The molecule has 6 heteroatoms. The van der Waals surface area contributed by atoms with Crippen LogP contribution in [0, 0.1) is 0 Å². The van der Waals surface area contributed by atoms with E-state index in [1.807, 2.05) is 14.1 Å². The van der Waals surface area contributed by atoms with Crippen molar-refractivity contribution >= 4 is 10.0 Å². The van der Waals surface area contributed by atoms with Crippen LogP contribution in [0.1, 0.15) is 39.0 Å². The Morgan fingerprint density at radius 3 is 2.65 bits per heavy atom. The number of sulfonamides is 1. The first-order valence-electron chi connectivity index (χ1n) is 7.82. The number of nitrogens with one attached hydrogen (secondary N) is 1. The van der Waals surface area contributed by atoms with Crippen LogP contribution in [-0.2, 0) is 10.0 Å². The first-order valence-corrected chi connectivity index (χ1v) is 9.43. The van der Waals surface area contributed by atoms with Gasteiger partial charge in [0.15, 0.2) is 0 Å². The third kappa shape index (κ3) is 6.08. The van der Waals surface area contributed by atoms with Gasteiger partial charge in [-0.1, -0.05) is 6.92 Å². The maximum atomic E-state index is 12.3. The molecule has 0 bridgehead atoms. The van der Waals surface area contributed by atoms with Gasteiger partial charge in [0.25, 0.3) is 0 Å². The predicted octanol–water partition coefficient (Wildman–Crippen LogP) is 1.12. The number of hydrogen-bond acceptors (Lipinski definition) is 4. The number of unbranched alkanes of at least 4 members (excludes halogenated alkanes) is 1. The van der Waals surface area contributed by atoms with Gasteiger partial charge in [-0.25, -0.2) is 12.7 Å². The van der Waals surface area contributed by atoms with Gasteiger partial charge < -0.3 is 10.2 Å². The molecule has 0 aromatic heterocycles. The maximum Gasteiger partial charge on any atom is 0.214 e. The Morgan fingerprint density at radius 2 is 2.00 bits per heavy atom. The van der Waals surface area contributed by atoms with E-state index >= 15 is 0 Å². The van der Waals surface area contributed by atoms with Crippen molar-refractivity contribution in [3.05, 3.63) is 0 Å². The van der Waals surface area contributed by atoms with Crippen molar-refractivity contribution in [2.75, 3.05) is 46.0 Å². The lowest BCUT2D eigenvalue weighted by atomic mass is 10.1. The molecular weight excluding hydrogens is 274 g/mol.